The number of nitrogens with one attached hydrogen (secondary N) is 2. The van der Waals surface area contributed by atoms with Crippen LogP contribution in [0.25, 0.3) is 0 Å². The molecule has 0 saturated heterocycles. The molecule has 0 aromatic heterocycles. The minimum absolute atomic E-state index is 0.0200. The number of alkyl halides is 2. The molecule has 0 aliphatic heterocycles. The van der Waals surface area contributed by atoms with E-state index in [0.29, 0.717) is 5.69 Å². The van der Waals surface area contributed by atoms with E-state index in [-0.39, 0.29) is 17.4 Å². The number of carbonyl (C=O) groups excluding carboxylic acids is 2. The lowest BCUT2D eigenvalue weighted by molar-refractivity contribution is -0.142. The molecule has 1 rings (SSSR count). The van der Waals surface area contributed by atoms with Crippen LogP contribution in [0, 0.1) is 6.92 Å². The minimum atomic E-state index is -2.83. The number of hydrogen-bond donors (Lipinski definition) is 3. The van der Waals surface area contributed by atoms with Crippen molar-refractivity contribution in [1.82, 2.24) is 5.32 Å². The van der Waals surface area contributed by atoms with Gasteiger partial charge in [-0.15, -0.1) is 11.8 Å². The summed E-state index contributed by atoms with van der Waals surface area (Å²) in [6, 6.07) is 5.52. The van der Waals surface area contributed by atoms with Crippen LogP contribution in [0.15, 0.2) is 24.3 Å². The topological polar surface area (TPSA) is 95.5 Å². The Morgan fingerprint density at radius 2 is 1.71 bits per heavy atom. The van der Waals surface area contributed by atoms with E-state index >= 15 is 0 Å². The molecule has 1 aromatic rings. The Kier molecular flexibility index (Phi) is 8.17. The van der Waals surface area contributed by atoms with Crippen LogP contribution in [0.5, 0.6) is 0 Å². The van der Waals surface area contributed by atoms with Gasteiger partial charge in [-0.25, -0.2) is 13.6 Å². The number of thioether (sulfide) groups is 1. The number of rotatable bonds is 9. The normalized spacial score (nSPS) is 11.8. The molecular formula is C15H18F2N2O4S. The van der Waals surface area contributed by atoms with E-state index in [1.165, 1.54) is 0 Å². The molecule has 1 unspecified atom stereocenters. The van der Waals surface area contributed by atoms with E-state index in [0.717, 1.165) is 17.3 Å². The van der Waals surface area contributed by atoms with Gasteiger partial charge in [-0.2, -0.15) is 0 Å². The number of carbonyl (C=O) groups is 3. The van der Waals surface area contributed by atoms with E-state index in [9.17, 15) is 23.2 Å². The molecule has 1 atom stereocenters. The van der Waals surface area contributed by atoms with Gasteiger partial charge in [-0.1, -0.05) is 17.7 Å². The van der Waals surface area contributed by atoms with Crippen LogP contribution in [0.3, 0.4) is 0 Å². The summed E-state index contributed by atoms with van der Waals surface area (Å²) in [6.07, 6.45) is -3.79. The van der Waals surface area contributed by atoms with Gasteiger partial charge in [0.2, 0.25) is 18.2 Å². The van der Waals surface area contributed by atoms with Crippen molar-refractivity contribution < 1.29 is 28.3 Å². The number of aliphatic carboxylic acids is 1. The Morgan fingerprint density at radius 3 is 2.25 bits per heavy atom. The second-order valence-electron chi connectivity index (χ2n) is 4.99. The molecule has 0 heterocycles. The lowest BCUT2D eigenvalue weighted by atomic mass is 10.2. The summed E-state index contributed by atoms with van der Waals surface area (Å²) in [4.78, 5) is 34.0. The van der Waals surface area contributed by atoms with Crippen molar-refractivity contribution in [2.75, 3.05) is 16.8 Å². The molecule has 24 heavy (non-hydrogen) atoms. The monoisotopic (exact) mass is 360 g/mol. The van der Waals surface area contributed by atoms with Crippen LogP contribution in [-0.4, -0.2) is 46.9 Å². The van der Waals surface area contributed by atoms with Crippen molar-refractivity contribution in [3.05, 3.63) is 29.8 Å². The summed E-state index contributed by atoms with van der Waals surface area (Å²) in [6.45, 7) is 1.92. The largest absolute Gasteiger partial charge is 0.480 e. The van der Waals surface area contributed by atoms with Crippen molar-refractivity contribution in [3.63, 3.8) is 0 Å². The number of aryl methyl sites for hydroxylation is 1. The average Bonchev–Trinajstić information content (AvgIpc) is 2.48. The summed E-state index contributed by atoms with van der Waals surface area (Å²) >= 11 is 0.960. The fourth-order valence-electron chi connectivity index (χ4n) is 1.71. The van der Waals surface area contributed by atoms with E-state index in [2.05, 4.69) is 5.32 Å². The highest BCUT2D eigenvalue weighted by Gasteiger charge is 2.24. The standard InChI is InChI=1S/C15H18F2N2O4S/c1-9-2-4-10(5-3-9)18-13(20)7-24-8-14(21)19-11(15(22)23)6-12(16)17/h2-5,11-12H,6-8H2,1H3,(H,18,20)(H,19,21)(H,22,23). The molecule has 6 nitrogen and oxygen atoms in total. The van der Waals surface area contributed by atoms with Crippen LogP contribution in [0.2, 0.25) is 0 Å². The Morgan fingerprint density at radius 1 is 1.12 bits per heavy atom. The molecule has 0 radical (unpaired) electrons. The molecule has 9 heteroatoms. The van der Waals surface area contributed by atoms with Gasteiger partial charge in [0.05, 0.1) is 11.5 Å². The average molecular weight is 360 g/mol. The quantitative estimate of drug-likeness (QED) is 0.625. The summed E-state index contributed by atoms with van der Waals surface area (Å²) in [5, 5.41) is 13.4. The SMILES string of the molecule is Cc1ccc(NC(=O)CSCC(=O)NC(CC(F)F)C(=O)O)cc1. The molecule has 3 N–H and O–H groups in total. The first kappa shape index (κ1) is 19.9. The molecule has 0 aliphatic rings. The van der Waals surface area contributed by atoms with Crippen molar-refractivity contribution in [1.29, 1.82) is 0 Å². The maximum Gasteiger partial charge on any atom is 0.326 e. The third-order valence-electron chi connectivity index (χ3n) is 2.85. The fraction of sp³-hybridized carbons (Fsp3) is 0.400. The highest BCUT2D eigenvalue weighted by atomic mass is 32.2. The number of carboxylic acids is 1. The summed E-state index contributed by atoms with van der Waals surface area (Å²) in [5.41, 5.74) is 1.68. The number of carboxylic acid groups (broad SMARTS) is 1. The summed E-state index contributed by atoms with van der Waals surface area (Å²) in [5.74, 6) is -2.77. The third-order valence-corrected chi connectivity index (χ3v) is 3.78. The van der Waals surface area contributed by atoms with E-state index in [1.54, 1.807) is 12.1 Å². The number of benzene rings is 1. The van der Waals surface area contributed by atoms with Crippen LogP contribution in [0.4, 0.5) is 14.5 Å². The first-order valence-electron chi connectivity index (χ1n) is 7.02. The van der Waals surface area contributed by atoms with Gasteiger partial charge in [0, 0.05) is 12.1 Å². The predicted octanol–water partition coefficient (Wildman–Crippen LogP) is 1.89. The molecule has 0 bridgehead atoms. The number of anilines is 1. The zero-order valence-electron chi connectivity index (χ0n) is 12.9. The number of halogens is 2. The fourth-order valence-corrected chi connectivity index (χ4v) is 2.33. The lowest BCUT2D eigenvalue weighted by Gasteiger charge is -2.13. The van der Waals surface area contributed by atoms with Crippen LogP contribution < -0.4 is 10.6 Å². The molecule has 132 valence electrons. The molecule has 0 fully saturated rings. The van der Waals surface area contributed by atoms with Crippen LogP contribution >= 0.6 is 11.8 Å². The molecule has 0 spiro atoms. The number of hydrogen-bond acceptors (Lipinski definition) is 4. The van der Waals surface area contributed by atoms with Crippen LogP contribution in [-0.2, 0) is 14.4 Å². The maximum atomic E-state index is 12.2. The molecule has 0 saturated carbocycles. The van der Waals surface area contributed by atoms with E-state index < -0.39 is 30.8 Å². The maximum absolute atomic E-state index is 12.2. The minimum Gasteiger partial charge on any atom is -0.480 e. The second kappa shape index (κ2) is 9.86. The zero-order chi connectivity index (χ0) is 18.1. The van der Waals surface area contributed by atoms with Gasteiger partial charge >= 0.3 is 5.97 Å². The first-order chi connectivity index (χ1) is 11.3. The molecule has 0 aliphatic carbocycles. The zero-order valence-corrected chi connectivity index (χ0v) is 13.7. The summed E-state index contributed by atoms with van der Waals surface area (Å²) in [7, 11) is 0. The van der Waals surface area contributed by atoms with E-state index in [1.807, 2.05) is 24.4 Å². The Balaban J connectivity index is 2.32. The predicted molar refractivity (Wildman–Crippen MR) is 87.3 cm³/mol. The third kappa shape index (κ3) is 7.91. The lowest BCUT2D eigenvalue weighted by Crippen LogP contribution is -2.42. The Bertz CT molecular complexity index is 581. The molecular weight excluding hydrogens is 342 g/mol. The van der Waals surface area contributed by atoms with Gasteiger partial charge < -0.3 is 15.7 Å². The van der Waals surface area contributed by atoms with Gasteiger partial charge in [0.1, 0.15) is 6.04 Å². The molecule has 1 aromatic carbocycles. The first-order valence-corrected chi connectivity index (χ1v) is 8.18. The van der Waals surface area contributed by atoms with Crippen molar-refractivity contribution in [3.8, 4) is 0 Å². The van der Waals surface area contributed by atoms with Gasteiger partial charge in [0.15, 0.2) is 0 Å². The second-order valence-corrected chi connectivity index (χ2v) is 5.98. The van der Waals surface area contributed by atoms with Crippen LogP contribution in [0.1, 0.15) is 12.0 Å². The Labute approximate surface area is 142 Å². The van der Waals surface area contributed by atoms with Crippen molar-refractivity contribution in [2.24, 2.45) is 0 Å². The van der Waals surface area contributed by atoms with Gasteiger partial charge in [-0.3, -0.25) is 9.59 Å². The van der Waals surface area contributed by atoms with E-state index in [4.69, 9.17) is 5.11 Å². The summed E-state index contributed by atoms with van der Waals surface area (Å²) < 4.78 is 24.4. The van der Waals surface area contributed by atoms with Crippen molar-refractivity contribution in [2.45, 2.75) is 25.8 Å². The molecule has 2 amide bonds. The smallest absolute Gasteiger partial charge is 0.326 e. The van der Waals surface area contributed by atoms with Gasteiger partial charge in [0.25, 0.3) is 0 Å². The number of amides is 2. The van der Waals surface area contributed by atoms with Gasteiger partial charge in [-0.05, 0) is 19.1 Å². The van der Waals surface area contributed by atoms with Crippen molar-refractivity contribution >= 4 is 35.2 Å². The highest BCUT2D eigenvalue weighted by Crippen LogP contribution is 2.10. The highest BCUT2D eigenvalue weighted by molar-refractivity contribution is 8.00. The Hall–Kier alpha value is -2.16.